The number of para-hydroxylation sites is 1. The molecule has 554 valence electrons. The second-order valence-electron chi connectivity index (χ2n) is 35.5. The lowest BCUT2D eigenvalue weighted by atomic mass is 9.33. The normalized spacial score (nSPS) is 12.7. The van der Waals surface area contributed by atoms with Crippen LogP contribution in [0.5, 0.6) is 0 Å². The van der Waals surface area contributed by atoms with E-state index in [1.807, 2.05) is 45.5 Å². The van der Waals surface area contributed by atoms with Gasteiger partial charge in [0.1, 0.15) is 137 Å². The quantitative estimate of drug-likeness (QED) is 0.136. The zero-order valence-electron chi connectivity index (χ0n) is 70.3. The van der Waals surface area contributed by atoms with Crippen molar-refractivity contribution in [2.75, 3.05) is 9.80 Å². The Morgan fingerprint density at radius 2 is 0.563 bits per heavy atom. The molecule has 126 heavy (non-hydrogen) atoms. The first-order valence-corrected chi connectivity index (χ1v) is 41.8. The predicted molar refractivity (Wildman–Crippen MR) is 553 cm³/mol. The number of nitrogens with zero attached hydrogens (tertiary/aromatic N) is 4. The molecule has 0 bridgehead atoms. The first kappa shape index (κ1) is 80.7. The molecule has 0 fully saturated rings. The highest BCUT2D eigenvalue weighted by molar-refractivity contribution is 7.00. The largest absolute Gasteiger partial charge is 0.455 e. The molecule has 0 spiro atoms. The molecule has 0 atom stereocenters. The number of rotatable bonds is 10. The van der Waals surface area contributed by atoms with Crippen molar-refractivity contribution in [1.29, 1.82) is 0 Å². The van der Waals surface area contributed by atoms with Gasteiger partial charge in [0.2, 0.25) is 0 Å². The molecule has 0 saturated carbocycles. The summed E-state index contributed by atoms with van der Waals surface area (Å²) >= 11 is 0. The van der Waals surface area contributed by atoms with Gasteiger partial charge in [-0.3, -0.25) is 0 Å². The van der Waals surface area contributed by atoms with E-state index in [0.29, 0.717) is 55.0 Å². The van der Waals surface area contributed by atoms with Gasteiger partial charge in [0.15, 0.2) is 0 Å². The van der Waals surface area contributed by atoms with Crippen LogP contribution in [-0.4, -0.2) is 141 Å². The van der Waals surface area contributed by atoms with Gasteiger partial charge in [-0.15, -0.1) is 43.7 Å². The number of hydrogen-bond donors (Lipinski definition) is 0. The van der Waals surface area contributed by atoms with Gasteiger partial charge in [-0.2, -0.15) is 0 Å². The summed E-state index contributed by atoms with van der Waals surface area (Å²) in [6.45, 7) is 13.0. The minimum Gasteiger partial charge on any atom is -0.455 e. The molecule has 19 aromatic rings. The lowest BCUT2D eigenvalue weighted by molar-refractivity contribution is 0.569. The third kappa shape index (κ3) is 12.3. The molecule has 21 rings (SSSR count). The number of fused-ring (bicyclic) bond motifs is 13. The van der Waals surface area contributed by atoms with Crippen LogP contribution in [0.4, 0.5) is 34.1 Å². The van der Waals surface area contributed by atoms with Crippen molar-refractivity contribution in [2.24, 2.45) is 0 Å². The lowest BCUT2D eigenvalue weighted by Crippen LogP contribution is -2.61. The molecule has 0 aliphatic carbocycles. The maximum absolute atomic E-state index is 7.40. The van der Waals surface area contributed by atoms with Crippen molar-refractivity contribution in [3.05, 3.63) is 272 Å². The Balaban J connectivity index is 0.968. The number of hydrogen-bond acceptors (Lipinski definition) is 3. The van der Waals surface area contributed by atoms with E-state index in [0.717, 1.165) is 139 Å². The van der Waals surface area contributed by atoms with Gasteiger partial charge < -0.3 is 23.4 Å². The summed E-state index contributed by atoms with van der Waals surface area (Å²) in [5, 5.41) is 3.44. The van der Waals surface area contributed by atoms with Crippen molar-refractivity contribution in [3.8, 4) is 78.1 Å². The highest BCUT2D eigenvalue weighted by Crippen LogP contribution is 2.52. The van der Waals surface area contributed by atoms with Gasteiger partial charge in [-0.05, 0) is 212 Å². The van der Waals surface area contributed by atoms with Crippen LogP contribution in [0, 0.1) is 0 Å². The Morgan fingerprint density at radius 1 is 0.246 bits per heavy atom. The van der Waals surface area contributed by atoms with Gasteiger partial charge in [0.05, 0.1) is 0 Å². The summed E-state index contributed by atoms with van der Waals surface area (Å²) in [4.78, 5) is 4.82. The van der Waals surface area contributed by atoms with Crippen LogP contribution in [0.1, 0.15) is 52.7 Å². The number of anilines is 6. The first-order valence-electron chi connectivity index (χ1n) is 41.8. The topological polar surface area (TPSA) is 29.5 Å². The van der Waals surface area contributed by atoms with E-state index < -0.39 is 6.71 Å². The fourth-order valence-electron chi connectivity index (χ4n) is 19.4. The molecular formula is C104H61B17N4O. The van der Waals surface area contributed by atoms with Crippen molar-refractivity contribution in [1.82, 2.24) is 9.13 Å². The standard InChI is InChI=1S/C104H61B17N4O/c1-103(2,3)61-37-60(38-62(47-61)104(4,5)6)68-43-58(44-69-67-29-19-20-30-76(67)126-102(68)69)59-45-74-97-75(46-59)123(66-41-56(52-25-15-9-16-26-52)36-57(42-66)53-27-17-10-18-28-53)73-49-64(125-100-79(83(107)87(111)91(115)95(100)119)80-84(108)88(112)92(116)96(120)101(80)125)32-34-71(73)121(97)70-33-31-63(124-98-77(81(105)85(109)89(113)93(98)117)78-82(106)86(110)90(114)94(118)99(78)124)48-72(70)122(74)65-39-54(50-21-11-7-12-22-50)35-55(40-65)51-23-13-8-14-24-51/h7-49H,1-6H3. The Labute approximate surface area is 756 Å². The zero-order chi connectivity index (χ0) is 87.6. The Hall–Kier alpha value is -12.4. The Morgan fingerprint density at radius 3 is 0.913 bits per heavy atom. The molecule has 0 N–H and O–H groups in total. The van der Waals surface area contributed by atoms with Crippen molar-refractivity contribution >= 4 is 336 Å². The third-order valence-corrected chi connectivity index (χ3v) is 26.0. The molecule has 3 aromatic heterocycles. The van der Waals surface area contributed by atoms with Gasteiger partial charge in [0.25, 0.3) is 6.71 Å². The van der Waals surface area contributed by atoms with E-state index in [9.17, 15) is 0 Å². The third-order valence-electron chi connectivity index (χ3n) is 26.0. The van der Waals surface area contributed by atoms with Crippen LogP contribution in [0.3, 0.4) is 0 Å². The summed E-state index contributed by atoms with van der Waals surface area (Å²) in [6, 6.07) is 92.9. The molecule has 0 saturated heterocycles. The molecule has 5 heterocycles. The average Bonchev–Trinajstić information content (AvgIpc) is 1.23. The van der Waals surface area contributed by atoms with Crippen LogP contribution in [0.2, 0.25) is 0 Å². The Kier molecular flexibility index (Phi) is 19.0. The second kappa shape index (κ2) is 29.6. The van der Waals surface area contributed by atoms with E-state index in [1.165, 1.54) is 11.1 Å². The number of furan rings is 1. The molecule has 2 aliphatic heterocycles. The summed E-state index contributed by atoms with van der Waals surface area (Å²) in [7, 11) is 114. The zero-order valence-corrected chi connectivity index (χ0v) is 70.3. The van der Waals surface area contributed by atoms with E-state index in [4.69, 9.17) is 130 Å². The summed E-state index contributed by atoms with van der Waals surface area (Å²) in [5.41, 5.74) is 26.5. The Bertz CT molecular complexity index is 7280. The maximum atomic E-state index is 7.40. The van der Waals surface area contributed by atoms with Gasteiger partial charge in [0, 0.05) is 83.9 Å². The van der Waals surface area contributed by atoms with E-state index >= 15 is 0 Å². The van der Waals surface area contributed by atoms with Gasteiger partial charge in [-0.1, -0.05) is 255 Å². The smallest absolute Gasteiger partial charge is 0.252 e. The molecule has 0 unspecified atom stereocenters. The van der Waals surface area contributed by atoms with Crippen LogP contribution < -0.4 is 114 Å². The minimum absolute atomic E-state index is 0.0644. The fourth-order valence-corrected chi connectivity index (χ4v) is 19.4. The molecule has 5 nitrogen and oxygen atoms in total. The van der Waals surface area contributed by atoms with Crippen molar-refractivity contribution < 1.29 is 4.42 Å². The van der Waals surface area contributed by atoms with Gasteiger partial charge in [-0.25, -0.2) is 0 Å². The first-order chi connectivity index (χ1) is 60.4. The van der Waals surface area contributed by atoms with E-state index in [1.54, 1.807) is 0 Å². The van der Waals surface area contributed by atoms with Crippen molar-refractivity contribution in [2.45, 2.75) is 52.4 Å². The van der Waals surface area contributed by atoms with Crippen LogP contribution in [-0.2, 0) is 10.8 Å². The fraction of sp³-hybridized carbons (Fsp3) is 0.0769. The molecule has 2 aliphatic rings. The summed E-state index contributed by atoms with van der Waals surface area (Å²) in [5.74, 6) is 0. The lowest BCUT2D eigenvalue weighted by Gasteiger charge is -2.45. The highest BCUT2D eigenvalue weighted by Gasteiger charge is 2.45. The van der Waals surface area contributed by atoms with Crippen LogP contribution >= 0.6 is 0 Å². The average molecular weight is 1570 g/mol. The summed E-state index contributed by atoms with van der Waals surface area (Å²) < 4.78 is 11.1. The molecule has 22 heteroatoms. The number of benzene rings is 16. The molecular weight excluding hydrogens is 1500 g/mol. The second-order valence-corrected chi connectivity index (χ2v) is 35.5. The number of aromatic nitrogens is 2. The SMILES string of the molecule is [B]c1c([B])c([B])c2c(c1[B])c1c([B])c([B])c([B])c([B])c1n2-c1ccc2c(c1)N(c1cc(-c3ccccc3)cc(-c3ccccc3)c1)c1cc(-c3cc(-c4cc(C(C)(C)C)cc(C(C)(C)C)c4)c4oc5ccccc5c4c3)cc3c1B2c1ccc(-n2c4c([B])c([B])c([B])c([B])c4c4c([B])c([B])c([B])c([B])c42)cc1N3c1cc(-c2ccccc2)cc(-c2ccccc2)c1. The monoisotopic (exact) mass is 1570 g/mol. The van der Waals surface area contributed by atoms with E-state index in [2.05, 4.69) is 276 Å². The predicted octanol–water partition coefficient (Wildman–Crippen LogP) is 7.16. The van der Waals surface area contributed by atoms with Crippen molar-refractivity contribution in [3.63, 3.8) is 0 Å². The van der Waals surface area contributed by atoms with E-state index in [-0.39, 0.29) is 98.2 Å². The van der Waals surface area contributed by atoms with Crippen LogP contribution in [0.15, 0.2) is 265 Å². The molecule has 0 amide bonds. The van der Waals surface area contributed by atoms with Crippen LogP contribution in [0.25, 0.3) is 144 Å². The highest BCUT2D eigenvalue weighted by atomic mass is 16.3. The minimum atomic E-state index is -0.635. The van der Waals surface area contributed by atoms with Gasteiger partial charge >= 0.3 is 0 Å². The summed E-state index contributed by atoms with van der Waals surface area (Å²) in [6.07, 6.45) is 0. The molecule has 32 radical (unpaired) electrons. The maximum Gasteiger partial charge on any atom is 0.252 e. The molecule has 16 aromatic carbocycles.